The second-order valence-electron chi connectivity index (χ2n) is 5.76. The Balaban J connectivity index is 1.86. The first-order chi connectivity index (χ1) is 9.67. The van der Waals surface area contributed by atoms with Gasteiger partial charge in [-0.15, -0.1) is 0 Å². The monoisotopic (exact) mass is 270 g/mol. The van der Waals surface area contributed by atoms with Gasteiger partial charge in [-0.1, -0.05) is 24.9 Å². The molecule has 5 heteroatoms. The molecule has 1 aliphatic rings. The molecule has 2 unspecified atom stereocenters. The van der Waals surface area contributed by atoms with Gasteiger partial charge in [0, 0.05) is 19.2 Å². The third kappa shape index (κ3) is 2.34. The summed E-state index contributed by atoms with van der Waals surface area (Å²) >= 11 is 0. The van der Waals surface area contributed by atoms with Crippen LogP contribution in [0.3, 0.4) is 0 Å². The van der Waals surface area contributed by atoms with E-state index in [0.29, 0.717) is 17.4 Å². The van der Waals surface area contributed by atoms with E-state index >= 15 is 0 Å². The van der Waals surface area contributed by atoms with Crippen LogP contribution >= 0.6 is 0 Å². The van der Waals surface area contributed by atoms with Crippen molar-refractivity contribution in [1.82, 2.24) is 14.7 Å². The van der Waals surface area contributed by atoms with Crippen molar-refractivity contribution in [3.05, 3.63) is 23.7 Å². The van der Waals surface area contributed by atoms with Crippen LogP contribution in [0.25, 0.3) is 11.6 Å². The van der Waals surface area contributed by atoms with Crippen LogP contribution in [0.4, 0.5) is 0 Å². The molecule has 0 radical (unpaired) electrons. The highest BCUT2D eigenvalue weighted by molar-refractivity contribution is 5.52. The Bertz CT molecular complexity index is 649. The Morgan fingerprint density at radius 3 is 3.00 bits per heavy atom. The molecule has 104 valence electrons. The van der Waals surface area contributed by atoms with E-state index in [1.165, 1.54) is 12.8 Å². The van der Waals surface area contributed by atoms with E-state index < -0.39 is 0 Å². The summed E-state index contributed by atoms with van der Waals surface area (Å²) in [5.41, 5.74) is 1.40. The van der Waals surface area contributed by atoms with Crippen molar-refractivity contribution >= 4 is 0 Å². The Hall–Kier alpha value is -2.09. The zero-order valence-corrected chi connectivity index (χ0v) is 11.8. The van der Waals surface area contributed by atoms with Gasteiger partial charge >= 0.3 is 0 Å². The van der Waals surface area contributed by atoms with Crippen LogP contribution in [-0.2, 0) is 7.05 Å². The minimum Gasteiger partial charge on any atom is -0.345 e. The largest absolute Gasteiger partial charge is 0.345 e. The molecule has 1 aliphatic carbocycles. The second kappa shape index (κ2) is 5.12. The summed E-state index contributed by atoms with van der Waals surface area (Å²) in [6.45, 7) is 2.28. The predicted octanol–water partition coefficient (Wildman–Crippen LogP) is 3.24. The van der Waals surface area contributed by atoms with E-state index in [4.69, 9.17) is 9.78 Å². The number of hydrogen-bond donors (Lipinski definition) is 0. The van der Waals surface area contributed by atoms with Crippen molar-refractivity contribution in [2.75, 3.05) is 0 Å². The molecular formula is C15H18N4O. The summed E-state index contributed by atoms with van der Waals surface area (Å²) in [5.74, 6) is 2.45. The van der Waals surface area contributed by atoms with Crippen LogP contribution in [0.15, 0.2) is 16.8 Å². The molecule has 2 aromatic rings. The first-order valence-corrected chi connectivity index (χ1v) is 7.08. The highest BCUT2D eigenvalue weighted by Crippen LogP contribution is 2.35. The highest BCUT2D eigenvalue weighted by Gasteiger charge is 2.25. The maximum absolute atomic E-state index is 8.93. The number of aromatic nitrogens is 3. The number of hydrogen-bond acceptors (Lipinski definition) is 4. The first kappa shape index (κ1) is 12.9. The van der Waals surface area contributed by atoms with Crippen LogP contribution in [0, 0.1) is 17.2 Å². The molecule has 0 spiro atoms. The SMILES string of the molecule is CC1CCCC(c2noc(-c3cc(C#N)cn3C)n2)C1. The molecule has 0 aromatic carbocycles. The molecule has 2 atom stereocenters. The lowest BCUT2D eigenvalue weighted by atomic mass is 9.82. The van der Waals surface area contributed by atoms with E-state index in [1.807, 2.05) is 11.6 Å². The molecule has 5 nitrogen and oxygen atoms in total. The van der Waals surface area contributed by atoms with E-state index in [2.05, 4.69) is 23.1 Å². The van der Waals surface area contributed by atoms with Crippen molar-refractivity contribution in [1.29, 1.82) is 5.26 Å². The molecular weight excluding hydrogens is 252 g/mol. The molecule has 0 N–H and O–H groups in total. The quantitative estimate of drug-likeness (QED) is 0.840. The van der Waals surface area contributed by atoms with Crippen molar-refractivity contribution in [2.45, 2.75) is 38.5 Å². The summed E-state index contributed by atoms with van der Waals surface area (Å²) in [4.78, 5) is 4.54. The highest BCUT2D eigenvalue weighted by atomic mass is 16.5. The first-order valence-electron chi connectivity index (χ1n) is 7.08. The van der Waals surface area contributed by atoms with Crippen LogP contribution in [0.1, 0.15) is 49.9 Å². The lowest BCUT2D eigenvalue weighted by Gasteiger charge is -2.23. The van der Waals surface area contributed by atoms with E-state index in [1.54, 1.807) is 12.3 Å². The van der Waals surface area contributed by atoms with Gasteiger partial charge in [-0.25, -0.2) is 0 Å². The molecule has 20 heavy (non-hydrogen) atoms. The number of aryl methyl sites for hydroxylation is 1. The summed E-state index contributed by atoms with van der Waals surface area (Å²) < 4.78 is 7.23. The fraction of sp³-hybridized carbons (Fsp3) is 0.533. The minimum atomic E-state index is 0.409. The van der Waals surface area contributed by atoms with Crippen molar-refractivity contribution < 1.29 is 4.52 Å². The van der Waals surface area contributed by atoms with Gasteiger partial charge in [-0.2, -0.15) is 10.2 Å². The van der Waals surface area contributed by atoms with Crippen LogP contribution in [0.2, 0.25) is 0 Å². The summed E-state index contributed by atoms with van der Waals surface area (Å²) in [6.07, 6.45) is 6.57. The van der Waals surface area contributed by atoms with Crippen LogP contribution < -0.4 is 0 Å². The molecule has 2 heterocycles. The van der Waals surface area contributed by atoms with Crippen molar-refractivity contribution in [3.63, 3.8) is 0 Å². The van der Waals surface area contributed by atoms with Gasteiger partial charge in [-0.05, 0) is 24.8 Å². The van der Waals surface area contributed by atoms with Crippen LogP contribution in [0.5, 0.6) is 0 Å². The molecule has 0 aliphatic heterocycles. The lowest BCUT2D eigenvalue weighted by molar-refractivity contribution is 0.324. The van der Waals surface area contributed by atoms with E-state index in [0.717, 1.165) is 30.3 Å². The third-order valence-corrected chi connectivity index (χ3v) is 4.10. The molecule has 2 aromatic heterocycles. The Labute approximate surface area is 118 Å². The molecule has 1 saturated carbocycles. The van der Waals surface area contributed by atoms with Gasteiger partial charge < -0.3 is 9.09 Å². The Morgan fingerprint density at radius 1 is 1.45 bits per heavy atom. The molecule has 1 fully saturated rings. The number of nitrogens with zero attached hydrogens (tertiary/aromatic N) is 4. The fourth-order valence-electron chi connectivity index (χ4n) is 3.01. The maximum Gasteiger partial charge on any atom is 0.274 e. The summed E-state index contributed by atoms with van der Waals surface area (Å²) in [5, 5.41) is 13.1. The van der Waals surface area contributed by atoms with E-state index in [-0.39, 0.29) is 0 Å². The van der Waals surface area contributed by atoms with Crippen molar-refractivity contribution in [2.24, 2.45) is 13.0 Å². The third-order valence-electron chi connectivity index (χ3n) is 4.10. The molecule has 0 saturated heterocycles. The Kier molecular flexibility index (Phi) is 3.31. The van der Waals surface area contributed by atoms with Gasteiger partial charge in [0.05, 0.1) is 5.56 Å². The predicted molar refractivity (Wildman–Crippen MR) is 73.8 cm³/mol. The fourth-order valence-corrected chi connectivity index (χ4v) is 3.01. The lowest BCUT2D eigenvalue weighted by Crippen LogP contribution is -2.12. The zero-order chi connectivity index (χ0) is 14.1. The summed E-state index contributed by atoms with van der Waals surface area (Å²) in [7, 11) is 1.88. The topological polar surface area (TPSA) is 67.6 Å². The average molecular weight is 270 g/mol. The van der Waals surface area contributed by atoms with Crippen LogP contribution in [-0.4, -0.2) is 14.7 Å². The summed E-state index contributed by atoms with van der Waals surface area (Å²) in [6, 6.07) is 3.90. The minimum absolute atomic E-state index is 0.409. The van der Waals surface area contributed by atoms with Crippen molar-refractivity contribution in [3.8, 4) is 17.7 Å². The molecule has 0 amide bonds. The van der Waals surface area contributed by atoms with Gasteiger partial charge in [0.15, 0.2) is 5.82 Å². The van der Waals surface area contributed by atoms with Gasteiger partial charge in [0.2, 0.25) is 0 Å². The Morgan fingerprint density at radius 2 is 2.30 bits per heavy atom. The number of rotatable bonds is 2. The molecule has 0 bridgehead atoms. The number of nitriles is 1. The zero-order valence-electron chi connectivity index (χ0n) is 11.8. The molecule has 3 rings (SSSR count). The second-order valence-corrected chi connectivity index (χ2v) is 5.76. The standard InChI is InChI=1S/C15H18N4O/c1-10-4-3-5-12(6-10)14-17-15(20-18-14)13-7-11(8-16)9-19(13)2/h7,9-10,12H,3-6H2,1-2H3. The van der Waals surface area contributed by atoms with E-state index in [9.17, 15) is 0 Å². The van der Waals surface area contributed by atoms with Gasteiger partial charge in [0.25, 0.3) is 5.89 Å². The normalized spacial score (nSPS) is 22.6. The maximum atomic E-state index is 8.93. The average Bonchev–Trinajstić information content (AvgIpc) is 3.05. The smallest absolute Gasteiger partial charge is 0.274 e. The van der Waals surface area contributed by atoms with Gasteiger partial charge in [-0.3, -0.25) is 0 Å². The van der Waals surface area contributed by atoms with Gasteiger partial charge in [0.1, 0.15) is 11.8 Å².